The third-order valence-electron chi connectivity index (χ3n) is 4.21. The second-order valence-electron chi connectivity index (χ2n) is 5.91. The molecule has 0 saturated carbocycles. The Labute approximate surface area is 115 Å². The summed E-state index contributed by atoms with van der Waals surface area (Å²) in [5.41, 5.74) is 1.06. The van der Waals surface area contributed by atoms with Gasteiger partial charge in [-0.2, -0.15) is 0 Å². The smallest absolute Gasteiger partial charge is 0.223 e. The molecule has 106 valence electrons. The summed E-state index contributed by atoms with van der Waals surface area (Å²) in [5.74, 6) is 1.68. The lowest BCUT2D eigenvalue weighted by molar-refractivity contribution is -0.135. The van der Waals surface area contributed by atoms with Crippen LogP contribution in [0.2, 0.25) is 0 Å². The maximum Gasteiger partial charge on any atom is 0.223 e. The number of carbonyl (C=O) groups excluding carboxylic acids is 1. The van der Waals surface area contributed by atoms with Crippen LogP contribution in [-0.2, 0) is 4.79 Å². The predicted molar refractivity (Wildman–Crippen MR) is 75.7 cm³/mol. The molecule has 0 radical (unpaired) electrons. The normalized spacial score (nSPS) is 24.7. The highest BCUT2D eigenvalue weighted by atomic mass is 16.2. The van der Waals surface area contributed by atoms with Gasteiger partial charge >= 0.3 is 0 Å². The zero-order valence-corrected chi connectivity index (χ0v) is 12.4. The fourth-order valence-electron chi connectivity index (χ4n) is 2.82. The molecule has 2 unspecified atom stereocenters. The number of H-pyrrole nitrogens is 1. The minimum Gasteiger partial charge on any atom is -0.344 e. The molecule has 0 aromatic carbocycles. The van der Waals surface area contributed by atoms with Crippen molar-refractivity contribution in [3.63, 3.8) is 0 Å². The van der Waals surface area contributed by atoms with E-state index >= 15 is 0 Å². The number of nitrogens with one attached hydrogen (secondary N) is 1. The van der Waals surface area contributed by atoms with Crippen molar-refractivity contribution >= 4 is 5.91 Å². The van der Waals surface area contributed by atoms with Crippen LogP contribution in [0.3, 0.4) is 0 Å². The number of imidazole rings is 1. The van der Waals surface area contributed by atoms with Crippen LogP contribution in [0.5, 0.6) is 0 Å². The number of aromatic amines is 1. The van der Waals surface area contributed by atoms with Crippen molar-refractivity contribution in [3.8, 4) is 0 Å². The second-order valence-corrected chi connectivity index (χ2v) is 5.91. The molecule has 1 aliphatic rings. The summed E-state index contributed by atoms with van der Waals surface area (Å²) >= 11 is 0. The van der Waals surface area contributed by atoms with Crippen LogP contribution in [0, 0.1) is 12.8 Å². The highest BCUT2D eigenvalue weighted by Crippen LogP contribution is 2.35. The first kappa shape index (κ1) is 14.1. The molecule has 4 heteroatoms. The van der Waals surface area contributed by atoms with Gasteiger partial charge < -0.3 is 9.88 Å². The van der Waals surface area contributed by atoms with Crippen LogP contribution in [0.1, 0.15) is 64.0 Å². The van der Waals surface area contributed by atoms with E-state index < -0.39 is 0 Å². The highest BCUT2D eigenvalue weighted by Gasteiger charge is 2.36. The number of nitrogens with zero attached hydrogens (tertiary/aromatic N) is 2. The average molecular weight is 263 g/mol. The van der Waals surface area contributed by atoms with Crippen molar-refractivity contribution in [1.29, 1.82) is 0 Å². The Hall–Kier alpha value is -1.32. The van der Waals surface area contributed by atoms with E-state index in [0.717, 1.165) is 30.8 Å². The number of hydrogen-bond acceptors (Lipinski definition) is 2. The van der Waals surface area contributed by atoms with Crippen LogP contribution in [0.4, 0.5) is 0 Å². The zero-order valence-electron chi connectivity index (χ0n) is 12.4. The van der Waals surface area contributed by atoms with E-state index in [1.807, 2.05) is 18.0 Å². The molecule has 19 heavy (non-hydrogen) atoms. The molecule has 1 saturated heterocycles. The molecular weight excluding hydrogens is 238 g/mol. The summed E-state index contributed by atoms with van der Waals surface area (Å²) in [6.45, 7) is 8.42. The Balaban J connectivity index is 2.13. The molecule has 1 aromatic heterocycles. The quantitative estimate of drug-likeness (QED) is 0.906. The van der Waals surface area contributed by atoms with Gasteiger partial charge in [0.05, 0.1) is 6.04 Å². The molecule has 1 aliphatic heterocycles. The summed E-state index contributed by atoms with van der Waals surface area (Å²) in [4.78, 5) is 22.2. The van der Waals surface area contributed by atoms with Crippen LogP contribution in [0.25, 0.3) is 0 Å². The second kappa shape index (κ2) is 5.76. The summed E-state index contributed by atoms with van der Waals surface area (Å²) in [6, 6.07) is 0.465. The first-order chi connectivity index (χ1) is 9.02. The number of carbonyl (C=O) groups is 1. The molecule has 0 spiro atoms. The lowest BCUT2D eigenvalue weighted by atomic mass is 10.0. The zero-order chi connectivity index (χ0) is 14.0. The molecule has 4 nitrogen and oxygen atoms in total. The molecule has 2 heterocycles. The number of amides is 1. The monoisotopic (exact) mass is 263 g/mol. The van der Waals surface area contributed by atoms with Crippen molar-refractivity contribution in [1.82, 2.24) is 14.9 Å². The van der Waals surface area contributed by atoms with Crippen molar-refractivity contribution in [2.45, 2.75) is 65.5 Å². The number of aryl methyl sites for hydroxylation is 1. The molecule has 1 fully saturated rings. The van der Waals surface area contributed by atoms with Crippen molar-refractivity contribution in [3.05, 3.63) is 17.7 Å². The Kier molecular flexibility index (Phi) is 4.27. The molecular formula is C15H25N3O. The van der Waals surface area contributed by atoms with Gasteiger partial charge in [0.15, 0.2) is 0 Å². The van der Waals surface area contributed by atoms with E-state index in [9.17, 15) is 4.79 Å². The summed E-state index contributed by atoms with van der Waals surface area (Å²) < 4.78 is 0. The molecule has 3 atom stereocenters. The summed E-state index contributed by atoms with van der Waals surface area (Å²) in [5, 5.41) is 0. The van der Waals surface area contributed by atoms with E-state index in [1.165, 1.54) is 0 Å². The maximum atomic E-state index is 12.5. The lowest BCUT2D eigenvalue weighted by Crippen LogP contribution is -2.36. The van der Waals surface area contributed by atoms with E-state index in [4.69, 9.17) is 0 Å². The first-order valence-corrected chi connectivity index (χ1v) is 7.35. The molecule has 1 aromatic rings. The number of hydrogen-bond donors (Lipinski definition) is 1. The number of rotatable bonds is 4. The highest BCUT2D eigenvalue weighted by molar-refractivity contribution is 5.77. The predicted octanol–water partition coefficient (Wildman–Crippen LogP) is 3.21. The molecule has 1 N–H and O–H groups in total. The Bertz CT molecular complexity index is 440. The van der Waals surface area contributed by atoms with Crippen LogP contribution in [-0.4, -0.2) is 26.8 Å². The SMILES string of the molecule is CCC(C)CC(=O)N1C(c2ncc(C)[nH]2)CC[C@@H]1C. The topological polar surface area (TPSA) is 49.0 Å². The van der Waals surface area contributed by atoms with Gasteiger partial charge in [0, 0.05) is 24.4 Å². The lowest BCUT2D eigenvalue weighted by Gasteiger charge is -2.28. The summed E-state index contributed by atoms with van der Waals surface area (Å²) in [7, 11) is 0. The standard InChI is InChI=1S/C15H25N3O/c1-5-10(2)8-14(19)18-12(4)6-7-13(18)15-16-9-11(3)17-15/h9-10,12-13H,5-8H2,1-4H3,(H,16,17)/t10?,12-,13?/m0/s1. The van der Waals surface area contributed by atoms with Crippen molar-refractivity contribution in [2.75, 3.05) is 0 Å². The minimum absolute atomic E-state index is 0.139. The van der Waals surface area contributed by atoms with Gasteiger partial charge in [-0.15, -0.1) is 0 Å². The van der Waals surface area contributed by atoms with E-state index in [1.54, 1.807) is 0 Å². The maximum absolute atomic E-state index is 12.5. The van der Waals surface area contributed by atoms with Crippen LogP contribution < -0.4 is 0 Å². The third-order valence-corrected chi connectivity index (χ3v) is 4.21. The minimum atomic E-state index is 0.139. The van der Waals surface area contributed by atoms with Crippen molar-refractivity contribution in [2.24, 2.45) is 5.92 Å². The Morgan fingerprint density at radius 3 is 2.89 bits per heavy atom. The molecule has 2 rings (SSSR count). The van der Waals surface area contributed by atoms with Crippen molar-refractivity contribution < 1.29 is 4.79 Å². The van der Waals surface area contributed by atoms with Gasteiger partial charge in [-0.05, 0) is 32.6 Å². The molecule has 1 amide bonds. The number of likely N-dealkylation sites (tertiary alicyclic amines) is 1. The van der Waals surface area contributed by atoms with Gasteiger partial charge in [-0.3, -0.25) is 4.79 Å². The van der Waals surface area contributed by atoms with E-state index in [2.05, 4.69) is 30.7 Å². The molecule has 0 bridgehead atoms. The average Bonchev–Trinajstić information content (AvgIpc) is 2.95. The van der Waals surface area contributed by atoms with Gasteiger partial charge in [-0.1, -0.05) is 20.3 Å². The van der Waals surface area contributed by atoms with E-state index in [-0.39, 0.29) is 11.9 Å². The van der Waals surface area contributed by atoms with Crippen LogP contribution in [0.15, 0.2) is 6.20 Å². The largest absolute Gasteiger partial charge is 0.344 e. The van der Waals surface area contributed by atoms with Gasteiger partial charge in [0.1, 0.15) is 5.82 Å². The third kappa shape index (κ3) is 2.99. The van der Waals surface area contributed by atoms with Gasteiger partial charge in [0.25, 0.3) is 0 Å². The fraction of sp³-hybridized carbons (Fsp3) is 0.733. The fourth-order valence-corrected chi connectivity index (χ4v) is 2.82. The van der Waals surface area contributed by atoms with E-state index in [0.29, 0.717) is 18.4 Å². The van der Waals surface area contributed by atoms with Gasteiger partial charge in [0.2, 0.25) is 5.91 Å². The Morgan fingerprint density at radius 1 is 1.58 bits per heavy atom. The first-order valence-electron chi connectivity index (χ1n) is 7.35. The van der Waals surface area contributed by atoms with Crippen LogP contribution >= 0.6 is 0 Å². The Morgan fingerprint density at radius 2 is 2.32 bits per heavy atom. The molecule has 0 aliphatic carbocycles. The summed E-state index contributed by atoms with van der Waals surface area (Å²) in [6.07, 6.45) is 5.63. The number of aromatic nitrogens is 2. The van der Waals surface area contributed by atoms with Gasteiger partial charge in [-0.25, -0.2) is 4.98 Å².